The second-order valence-corrected chi connectivity index (χ2v) is 12.6. The second kappa shape index (κ2) is 12.3. The van der Waals surface area contributed by atoms with E-state index < -0.39 is 0 Å². The van der Waals surface area contributed by atoms with Gasteiger partial charge in [-0.15, -0.1) is 0 Å². The highest BCUT2D eigenvalue weighted by Gasteiger charge is 2.34. The average Bonchev–Trinajstić information content (AvgIpc) is 3.01. The van der Waals surface area contributed by atoms with Crippen molar-refractivity contribution >= 4 is 34.9 Å². The largest absolute Gasteiger partial charge is 0.361 e. The lowest BCUT2D eigenvalue weighted by atomic mass is 9.69. The molecule has 3 aliphatic rings. The van der Waals surface area contributed by atoms with Crippen molar-refractivity contribution in [1.29, 1.82) is 0 Å². The van der Waals surface area contributed by atoms with Crippen LogP contribution in [-0.2, 0) is 18.4 Å². The fourth-order valence-electron chi connectivity index (χ4n) is 6.73. The fourth-order valence-corrected chi connectivity index (χ4v) is 6.89. The zero-order valence-corrected chi connectivity index (χ0v) is 24.9. The molecule has 3 heterocycles. The first-order chi connectivity index (χ1) is 20.0. The van der Waals surface area contributed by atoms with Gasteiger partial charge in [-0.2, -0.15) is 9.97 Å². The van der Waals surface area contributed by atoms with E-state index in [0.29, 0.717) is 17.6 Å². The van der Waals surface area contributed by atoms with Gasteiger partial charge in [-0.05, 0) is 79.1 Å². The van der Waals surface area contributed by atoms with E-state index in [1.807, 2.05) is 12.1 Å². The number of nitrogens with one attached hydrogen (secondary N) is 2. The van der Waals surface area contributed by atoms with Gasteiger partial charge in [0.25, 0.3) is 0 Å². The molecule has 3 aromatic rings. The van der Waals surface area contributed by atoms with Crippen LogP contribution in [0.25, 0.3) is 0 Å². The number of aromatic nitrogens is 2. The summed E-state index contributed by atoms with van der Waals surface area (Å²) in [6.45, 7) is 6.80. The van der Waals surface area contributed by atoms with E-state index in [2.05, 4.69) is 57.7 Å². The molecule has 0 atom stereocenters. The molecule has 0 unspecified atom stereocenters. The molecule has 1 aromatic heterocycles. The third-order valence-corrected chi connectivity index (χ3v) is 9.59. The van der Waals surface area contributed by atoms with E-state index in [0.717, 1.165) is 63.0 Å². The van der Waals surface area contributed by atoms with Crippen LogP contribution in [0.3, 0.4) is 0 Å². The Kier molecular flexibility index (Phi) is 8.37. The van der Waals surface area contributed by atoms with E-state index in [9.17, 15) is 4.39 Å². The van der Waals surface area contributed by atoms with Crippen LogP contribution in [0.4, 0.5) is 22.0 Å². The highest BCUT2D eigenvalue weighted by atomic mass is 32.1. The molecule has 0 radical (unpaired) electrons. The highest BCUT2D eigenvalue weighted by Crippen LogP contribution is 2.39. The van der Waals surface area contributed by atoms with E-state index in [1.54, 1.807) is 12.1 Å². The Morgan fingerprint density at radius 3 is 2.34 bits per heavy atom. The Labute approximate surface area is 248 Å². The first kappa shape index (κ1) is 27.9. The standard InChI is InChI=1S/C33H41FN6S/c1-24-13-18-39(19-14-24)29-21-30(40-20-15-25-7-3-4-8-26(25)22-40)37-31(36-29)38-32(41)35-23-33(16-5-2-6-17-33)27-9-11-28(34)12-10-27/h3-4,7-12,21,24H,2,5-6,13-20,22-23H2,1H3,(H2,35,36,37,38,41). The van der Waals surface area contributed by atoms with Crippen molar-refractivity contribution < 1.29 is 4.39 Å². The molecule has 2 aromatic carbocycles. The number of hydrogen-bond donors (Lipinski definition) is 2. The molecule has 41 heavy (non-hydrogen) atoms. The molecule has 1 saturated heterocycles. The highest BCUT2D eigenvalue weighted by molar-refractivity contribution is 7.80. The maximum atomic E-state index is 13.7. The van der Waals surface area contributed by atoms with E-state index in [4.69, 9.17) is 22.2 Å². The van der Waals surface area contributed by atoms with Gasteiger partial charge in [0.15, 0.2) is 5.11 Å². The number of thiocarbonyl (C=S) groups is 1. The summed E-state index contributed by atoms with van der Waals surface area (Å²) in [5.74, 6) is 2.98. The number of nitrogens with zero attached hydrogens (tertiary/aromatic N) is 4. The molecule has 1 aliphatic carbocycles. The average molecular weight is 573 g/mol. The van der Waals surface area contributed by atoms with Crippen LogP contribution in [0.15, 0.2) is 54.6 Å². The van der Waals surface area contributed by atoms with Gasteiger partial charge in [0.05, 0.1) is 0 Å². The molecule has 2 N–H and O–H groups in total. The van der Waals surface area contributed by atoms with Crippen LogP contribution < -0.4 is 20.4 Å². The summed E-state index contributed by atoms with van der Waals surface area (Å²) in [4.78, 5) is 14.7. The van der Waals surface area contributed by atoms with E-state index in [1.165, 1.54) is 48.8 Å². The Bertz CT molecular complexity index is 1350. The summed E-state index contributed by atoms with van der Waals surface area (Å²) in [6, 6.07) is 17.9. The molecular weight excluding hydrogens is 531 g/mol. The lowest BCUT2D eigenvalue weighted by Gasteiger charge is -2.38. The van der Waals surface area contributed by atoms with Crippen LogP contribution in [-0.4, -0.2) is 41.3 Å². The van der Waals surface area contributed by atoms with Crippen molar-refractivity contribution in [2.45, 2.75) is 70.3 Å². The van der Waals surface area contributed by atoms with E-state index in [-0.39, 0.29) is 11.2 Å². The summed E-state index contributed by atoms with van der Waals surface area (Å²) in [7, 11) is 0. The topological polar surface area (TPSA) is 56.3 Å². The number of hydrogen-bond acceptors (Lipinski definition) is 5. The minimum Gasteiger partial charge on any atom is -0.361 e. The SMILES string of the molecule is CC1CCN(c2cc(N3CCc4ccccc4C3)nc(NC(=S)NCC3(c4ccc(F)cc4)CCCCC3)n2)CC1. The van der Waals surface area contributed by atoms with Crippen LogP contribution >= 0.6 is 12.2 Å². The summed E-state index contributed by atoms with van der Waals surface area (Å²) in [5, 5.41) is 7.35. The molecular formula is C33H41FN6S. The summed E-state index contributed by atoms with van der Waals surface area (Å²) >= 11 is 5.80. The summed E-state index contributed by atoms with van der Waals surface area (Å²) in [5.41, 5.74) is 3.90. The minimum absolute atomic E-state index is 0.0583. The van der Waals surface area contributed by atoms with Gasteiger partial charge >= 0.3 is 0 Å². The number of benzene rings is 2. The maximum Gasteiger partial charge on any atom is 0.232 e. The Balaban J connectivity index is 1.21. The quantitative estimate of drug-likeness (QED) is 0.323. The lowest BCUT2D eigenvalue weighted by molar-refractivity contribution is 0.292. The first-order valence-electron chi connectivity index (χ1n) is 15.2. The fraction of sp³-hybridized carbons (Fsp3) is 0.485. The molecule has 2 aliphatic heterocycles. The Hall–Kier alpha value is -3.26. The molecule has 216 valence electrons. The zero-order valence-electron chi connectivity index (χ0n) is 24.0. The van der Waals surface area contributed by atoms with Crippen LogP contribution in [0, 0.1) is 11.7 Å². The predicted octanol–water partition coefficient (Wildman–Crippen LogP) is 6.60. The molecule has 8 heteroatoms. The monoisotopic (exact) mass is 572 g/mol. The second-order valence-electron chi connectivity index (χ2n) is 12.2. The summed E-state index contributed by atoms with van der Waals surface area (Å²) < 4.78 is 13.7. The number of halogens is 1. The molecule has 0 amide bonds. The summed E-state index contributed by atoms with van der Waals surface area (Å²) in [6.07, 6.45) is 9.05. The molecule has 0 spiro atoms. The third kappa shape index (κ3) is 6.48. The minimum atomic E-state index is -0.196. The molecule has 0 bridgehead atoms. The van der Waals surface area contributed by atoms with Crippen molar-refractivity contribution in [3.05, 3.63) is 77.1 Å². The maximum absolute atomic E-state index is 13.7. The first-order valence-corrected chi connectivity index (χ1v) is 15.6. The van der Waals surface area contributed by atoms with Crippen LogP contribution in [0.2, 0.25) is 0 Å². The molecule has 2 fully saturated rings. The van der Waals surface area contributed by atoms with Gasteiger partial charge in [-0.3, -0.25) is 0 Å². The molecule has 6 rings (SSSR count). The van der Waals surface area contributed by atoms with Crippen LogP contribution in [0.1, 0.15) is 68.6 Å². The van der Waals surface area contributed by atoms with Crippen LogP contribution in [0.5, 0.6) is 0 Å². The van der Waals surface area contributed by atoms with E-state index >= 15 is 0 Å². The van der Waals surface area contributed by atoms with Gasteiger partial charge in [0, 0.05) is 44.2 Å². The number of piperidine rings is 1. The molecule has 6 nitrogen and oxygen atoms in total. The third-order valence-electron chi connectivity index (χ3n) is 9.34. The Morgan fingerprint density at radius 2 is 1.61 bits per heavy atom. The normalized spacial score (nSPS) is 19.0. The number of anilines is 3. The van der Waals surface area contributed by atoms with Crippen molar-refractivity contribution in [1.82, 2.24) is 15.3 Å². The number of rotatable bonds is 6. The van der Waals surface area contributed by atoms with Gasteiger partial charge in [-0.25, -0.2) is 4.39 Å². The Morgan fingerprint density at radius 1 is 0.927 bits per heavy atom. The van der Waals surface area contributed by atoms with Gasteiger partial charge in [0.2, 0.25) is 5.95 Å². The predicted molar refractivity (Wildman–Crippen MR) is 169 cm³/mol. The molecule has 1 saturated carbocycles. The van der Waals surface area contributed by atoms with Crippen molar-refractivity contribution in [2.24, 2.45) is 5.92 Å². The van der Waals surface area contributed by atoms with Gasteiger partial charge in [0.1, 0.15) is 17.5 Å². The number of fused-ring (bicyclic) bond motifs is 1. The van der Waals surface area contributed by atoms with Crippen molar-refractivity contribution in [2.75, 3.05) is 41.3 Å². The zero-order chi connectivity index (χ0) is 28.2. The van der Waals surface area contributed by atoms with Crippen molar-refractivity contribution in [3.63, 3.8) is 0 Å². The van der Waals surface area contributed by atoms with Crippen molar-refractivity contribution in [3.8, 4) is 0 Å². The van der Waals surface area contributed by atoms with Gasteiger partial charge < -0.3 is 20.4 Å². The van der Waals surface area contributed by atoms with Gasteiger partial charge in [-0.1, -0.05) is 62.6 Å². The smallest absolute Gasteiger partial charge is 0.232 e. The lowest BCUT2D eigenvalue weighted by Crippen LogP contribution is -2.43.